The van der Waals surface area contributed by atoms with Crippen molar-refractivity contribution in [2.75, 3.05) is 32.9 Å². The van der Waals surface area contributed by atoms with Gasteiger partial charge in [0.2, 0.25) is 5.75 Å². The first-order chi connectivity index (χ1) is 15.3. The van der Waals surface area contributed by atoms with Crippen molar-refractivity contribution in [3.63, 3.8) is 0 Å². The van der Waals surface area contributed by atoms with E-state index in [1.54, 1.807) is 30.3 Å². The van der Waals surface area contributed by atoms with Gasteiger partial charge in [-0.25, -0.2) is 8.42 Å². The Balaban J connectivity index is 1.75. The Kier molecular flexibility index (Phi) is 5.67. The van der Waals surface area contributed by atoms with Crippen molar-refractivity contribution in [3.05, 3.63) is 54.6 Å². The molecule has 1 N–H and O–H groups in total. The topological polar surface area (TPSA) is 99.9 Å². The molecule has 166 valence electrons. The molecule has 4 aromatic rings. The minimum absolute atomic E-state index is 0.238. The molecule has 1 aromatic heterocycles. The zero-order valence-electron chi connectivity index (χ0n) is 18.0. The van der Waals surface area contributed by atoms with Crippen LogP contribution in [0.3, 0.4) is 0 Å². The average Bonchev–Trinajstić information content (AvgIpc) is 3.20. The number of ether oxygens (including phenoxy) is 3. The molecule has 0 aliphatic carbocycles. The average molecular weight is 455 g/mol. The third-order valence-corrected chi connectivity index (χ3v) is 6.01. The standard InChI is InChI=1S/C23H22N2O6S/c1-28-19-12-15(13-20(29-2)22(19)30-3)24-23-25-18-10-6-9-17(21(18)31-23)14-7-5-8-16(11-14)32(4,26)27/h5-13H,1-4H3,(H,24,25). The first-order valence-corrected chi connectivity index (χ1v) is 11.5. The number of hydrogen-bond acceptors (Lipinski definition) is 8. The largest absolute Gasteiger partial charge is 0.493 e. The van der Waals surface area contributed by atoms with Crippen LogP contribution in [0.25, 0.3) is 22.2 Å². The zero-order valence-corrected chi connectivity index (χ0v) is 18.8. The van der Waals surface area contributed by atoms with Gasteiger partial charge in [0.25, 0.3) is 6.01 Å². The van der Waals surface area contributed by atoms with Crippen LogP contribution in [-0.4, -0.2) is 41.0 Å². The van der Waals surface area contributed by atoms with Crippen molar-refractivity contribution < 1.29 is 27.0 Å². The van der Waals surface area contributed by atoms with Gasteiger partial charge in [-0.05, 0) is 23.8 Å². The maximum absolute atomic E-state index is 12.0. The van der Waals surface area contributed by atoms with Crippen LogP contribution in [0.2, 0.25) is 0 Å². The van der Waals surface area contributed by atoms with Gasteiger partial charge in [-0.15, -0.1) is 0 Å². The molecule has 0 fully saturated rings. The van der Waals surface area contributed by atoms with E-state index in [9.17, 15) is 8.42 Å². The fraction of sp³-hybridized carbons (Fsp3) is 0.174. The molecule has 0 unspecified atom stereocenters. The van der Waals surface area contributed by atoms with Crippen molar-refractivity contribution in [2.45, 2.75) is 4.90 Å². The number of nitrogens with one attached hydrogen (secondary N) is 1. The highest BCUT2D eigenvalue weighted by molar-refractivity contribution is 7.90. The summed E-state index contributed by atoms with van der Waals surface area (Å²) in [5.41, 5.74) is 3.24. The first-order valence-electron chi connectivity index (χ1n) is 9.61. The smallest absolute Gasteiger partial charge is 0.300 e. The number of oxazole rings is 1. The normalized spacial score (nSPS) is 11.4. The maximum Gasteiger partial charge on any atom is 0.300 e. The number of rotatable bonds is 7. The fourth-order valence-corrected chi connectivity index (χ4v) is 4.07. The quantitative estimate of drug-likeness (QED) is 0.430. The second-order valence-electron chi connectivity index (χ2n) is 7.01. The van der Waals surface area contributed by atoms with Gasteiger partial charge in [0.15, 0.2) is 26.9 Å². The number of aromatic nitrogens is 1. The Morgan fingerprint density at radius 3 is 2.22 bits per heavy atom. The predicted octanol–water partition coefficient (Wildman–Crippen LogP) is 4.67. The van der Waals surface area contributed by atoms with Gasteiger partial charge in [0.05, 0.1) is 26.2 Å². The Hall–Kier alpha value is -3.72. The molecule has 32 heavy (non-hydrogen) atoms. The molecule has 0 aliphatic heterocycles. The lowest BCUT2D eigenvalue weighted by molar-refractivity contribution is 0.324. The van der Waals surface area contributed by atoms with Gasteiger partial charge in [-0.2, -0.15) is 4.98 Å². The second-order valence-corrected chi connectivity index (χ2v) is 9.03. The van der Waals surface area contributed by atoms with Crippen molar-refractivity contribution >= 4 is 32.6 Å². The van der Waals surface area contributed by atoms with Crippen LogP contribution in [-0.2, 0) is 9.84 Å². The van der Waals surface area contributed by atoms with Crippen LogP contribution >= 0.6 is 0 Å². The predicted molar refractivity (Wildman–Crippen MR) is 122 cm³/mol. The van der Waals surface area contributed by atoms with E-state index in [-0.39, 0.29) is 10.9 Å². The summed E-state index contributed by atoms with van der Waals surface area (Å²) in [6.45, 7) is 0. The summed E-state index contributed by atoms with van der Waals surface area (Å²) >= 11 is 0. The lowest BCUT2D eigenvalue weighted by Gasteiger charge is -2.14. The van der Waals surface area contributed by atoms with E-state index in [2.05, 4.69) is 10.3 Å². The number of anilines is 2. The third kappa shape index (κ3) is 4.06. The molecule has 4 rings (SSSR count). The van der Waals surface area contributed by atoms with E-state index in [1.165, 1.54) is 27.6 Å². The number of sulfone groups is 1. The maximum atomic E-state index is 12.0. The highest BCUT2D eigenvalue weighted by Gasteiger charge is 2.17. The van der Waals surface area contributed by atoms with Gasteiger partial charge in [-0.3, -0.25) is 0 Å². The van der Waals surface area contributed by atoms with Gasteiger partial charge in [0, 0.05) is 29.6 Å². The monoisotopic (exact) mass is 454 g/mol. The summed E-state index contributed by atoms with van der Waals surface area (Å²) < 4.78 is 46.0. The zero-order chi connectivity index (χ0) is 22.9. The van der Waals surface area contributed by atoms with Crippen LogP contribution in [0.4, 0.5) is 11.7 Å². The number of hydrogen-bond donors (Lipinski definition) is 1. The fourth-order valence-electron chi connectivity index (χ4n) is 3.40. The molecule has 0 aliphatic rings. The van der Waals surface area contributed by atoms with E-state index in [0.717, 1.165) is 5.56 Å². The molecule has 9 heteroatoms. The van der Waals surface area contributed by atoms with Gasteiger partial charge in [0.1, 0.15) is 5.52 Å². The second kappa shape index (κ2) is 8.43. The number of nitrogens with zero attached hydrogens (tertiary/aromatic N) is 1. The van der Waals surface area contributed by atoms with Crippen LogP contribution in [0.1, 0.15) is 0 Å². The minimum Gasteiger partial charge on any atom is -0.493 e. The van der Waals surface area contributed by atoms with Crippen molar-refractivity contribution in [1.82, 2.24) is 4.98 Å². The highest BCUT2D eigenvalue weighted by atomic mass is 32.2. The van der Waals surface area contributed by atoms with E-state index >= 15 is 0 Å². The summed E-state index contributed by atoms with van der Waals surface area (Å²) in [6.07, 6.45) is 1.18. The van der Waals surface area contributed by atoms with Crippen LogP contribution in [0.15, 0.2) is 63.9 Å². The molecule has 0 amide bonds. The summed E-state index contributed by atoms with van der Waals surface area (Å²) in [7, 11) is 1.28. The molecular weight excluding hydrogens is 432 g/mol. The molecule has 0 saturated heterocycles. The van der Waals surface area contributed by atoms with E-state index in [0.29, 0.717) is 39.6 Å². The summed E-state index contributed by atoms with van der Waals surface area (Å²) in [5.74, 6) is 1.46. The molecule has 0 spiro atoms. The van der Waals surface area contributed by atoms with E-state index in [1.807, 2.05) is 24.3 Å². The van der Waals surface area contributed by atoms with Crippen molar-refractivity contribution in [2.24, 2.45) is 0 Å². The SMILES string of the molecule is COc1cc(Nc2nc3cccc(-c4cccc(S(C)(=O)=O)c4)c3o2)cc(OC)c1OC. The summed E-state index contributed by atoms with van der Waals surface area (Å²) in [6, 6.07) is 16.0. The minimum atomic E-state index is -3.33. The van der Waals surface area contributed by atoms with E-state index < -0.39 is 9.84 Å². The number of methoxy groups -OCH3 is 3. The lowest BCUT2D eigenvalue weighted by Crippen LogP contribution is -1.97. The number of para-hydroxylation sites is 1. The molecule has 1 heterocycles. The molecule has 8 nitrogen and oxygen atoms in total. The van der Waals surface area contributed by atoms with Gasteiger partial charge < -0.3 is 23.9 Å². The van der Waals surface area contributed by atoms with Crippen LogP contribution < -0.4 is 19.5 Å². The Morgan fingerprint density at radius 2 is 1.59 bits per heavy atom. The van der Waals surface area contributed by atoms with Gasteiger partial charge in [-0.1, -0.05) is 24.3 Å². The molecule has 0 bridgehead atoms. The highest BCUT2D eigenvalue weighted by Crippen LogP contribution is 2.41. The van der Waals surface area contributed by atoms with Crippen molar-refractivity contribution in [1.29, 1.82) is 0 Å². The number of fused-ring (bicyclic) bond motifs is 1. The van der Waals surface area contributed by atoms with E-state index in [4.69, 9.17) is 18.6 Å². The first kappa shape index (κ1) is 21.5. The summed E-state index contributed by atoms with van der Waals surface area (Å²) in [4.78, 5) is 4.75. The van der Waals surface area contributed by atoms with Crippen LogP contribution in [0.5, 0.6) is 17.2 Å². The molecule has 0 saturated carbocycles. The van der Waals surface area contributed by atoms with Crippen molar-refractivity contribution in [3.8, 4) is 28.4 Å². The van der Waals surface area contributed by atoms with Gasteiger partial charge >= 0.3 is 0 Å². The summed E-state index contributed by atoms with van der Waals surface area (Å²) in [5, 5.41) is 3.12. The third-order valence-electron chi connectivity index (χ3n) is 4.90. The Morgan fingerprint density at radius 1 is 0.906 bits per heavy atom. The Labute approximate surface area is 185 Å². The lowest BCUT2D eigenvalue weighted by atomic mass is 10.1. The Bertz CT molecular complexity index is 1370. The molecular formula is C23H22N2O6S. The molecule has 0 atom stereocenters. The number of benzene rings is 3. The molecule has 0 radical (unpaired) electrons. The van der Waals surface area contributed by atoms with Crippen LogP contribution in [0, 0.1) is 0 Å². The molecule has 3 aromatic carbocycles.